The lowest BCUT2D eigenvalue weighted by Crippen LogP contribution is -2.34. The second-order valence-corrected chi connectivity index (χ2v) is 9.52. The smallest absolute Gasteiger partial charge is 0.263 e. The fourth-order valence-electron chi connectivity index (χ4n) is 2.51. The first-order valence-electron chi connectivity index (χ1n) is 9.15. The third-order valence-electron chi connectivity index (χ3n) is 3.80. The molecule has 3 aromatic rings. The van der Waals surface area contributed by atoms with Gasteiger partial charge in [0.1, 0.15) is 5.75 Å². The standard InChI is InChI=1S/C20H20N4O4S3/c1-13(2)28-17-6-4-3-5-16(17)18(25)23-19(29)22-14-7-9-15(10-8-14)31(26,27)24-20-21-11-12-30-20/h3-13H,1-2H3,(H,21,24)(H2,22,23,25,29). The lowest BCUT2D eigenvalue weighted by atomic mass is 10.2. The van der Waals surface area contributed by atoms with Crippen LogP contribution < -0.4 is 20.1 Å². The quantitative estimate of drug-likeness (QED) is 0.444. The molecule has 0 aliphatic rings. The van der Waals surface area contributed by atoms with E-state index in [1.807, 2.05) is 13.8 Å². The van der Waals surface area contributed by atoms with Gasteiger partial charge < -0.3 is 10.1 Å². The highest BCUT2D eigenvalue weighted by molar-refractivity contribution is 7.93. The highest BCUT2D eigenvalue weighted by atomic mass is 32.2. The molecule has 31 heavy (non-hydrogen) atoms. The number of carbonyl (C=O) groups is 1. The number of thiocarbonyl (C=S) groups is 1. The van der Waals surface area contributed by atoms with E-state index in [0.29, 0.717) is 17.0 Å². The Morgan fingerprint density at radius 1 is 1.13 bits per heavy atom. The van der Waals surface area contributed by atoms with Crippen molar-refractivity contribution in [1.29, 1.82) is 0 Å². The van der Waals surface area contributed by atoms with Crippen molar-refractivity contribution in [3.8, 4) is 5.75 Å². The molecule has 11 heteroatoms. The number of hydrogen-bond acceptors (Lipinski definition) is 7. The van der Waals surface area contributed by atoms with E-state index in [9.17, 15) is 13.2 Å². The molecule has 0 saturated heterocycles. The van der Waals surface area contributed by atoms with Gasteiger partial charge in [-0.15, -0.1) is 11.3 Å². The van der Waals surface area contributed by atoms with Gasteiger partial charge in [-0.05, 0) is 62.5 Å². The molecule has 1 heterocycles. The topological polar surface area (TPSA) is 109 Å². The summed E-state index contributed by atoms with van der Waals surface area (Å²) in [7, 11) is -3.74. The number of sulfonamides is 1. The van der Waals surface area contributed by atoms with Crippen molar-refractivity contribution >= 4 is 55.4 Å². The molecule has 0 unspecified atom stereocenters. The van der Waals surface area contributed by atoms with Gasteiger partial charge in [0.25, 0.3) is 15.9 Å². The van der Waals surface area contributed by atoms with Crippen molar-refractivity contribution < 1.29 is 17.9 Å². The second kappa shape index (κ2) is 9.86. The number of anilines is 2. The minimum absolute atomic E-state index is 0.0702. The summed E-state index contributed by atoms with van der Waals surface area (Å²) in [6.45, 7) is 3.74. The third-order valence-corrected chi connectivity index (χ3v) is 6.17. The van der Waals surface area contributed by atoms with Crippen LogP contribution in [0.3, 0.4) is 0 Å². The molecular weight excluding hydrogens is 456 g/mol. The van der Waals surface area contributed by atoms with Crippen LogP contribution in [0.15, 0.2) is 65.0 Å². The normalized spacial score (nSPS) is 11.1. The Balaban J connectivity index is 1.63. The highest BCUT2D eigenvalue weighted by Crippen LogP contribution is 2.21. The van der Waals surface area contributed by atoms with Gasteiger partial charge in [-0.2, -0.15) is 0 Å². The van der Waals surface area contributed by atoms with Gasteiger partial charge in [0.2, 0.25) is 0 Å². The average molecular weight is 477 g/mol. The maximum atomic E-state index is 12.6. The molecule has 0 spiro atoms. The first-order chi connectivity index (χ1) is 14.7. The fraction of sp³-hybridized carbons (Fsp3) is 0.150. The molecule has 0 saturated carbocycles. The number of hydrogen-bond donors (Lipinski definition) is 3. The predicted octanol–water partition coefficient (Wildman–Crippen LogP) is 3.86. The molecule has 162 valence electrons. The van der Waals surface area contributed by atoms with Crippen molar-refractivity contribution in [2.75, 3.05) is 10.0 Å². The van der Waals surface area contributed by atoms with Crippen LogP contribution in [-0.2, 0) is 10.0 Å². The maximum Gasteiger partial charge on any atom is 0.263 e. The summed E-state index contributed by atoms with van der Waals surface area (Å²) in [5, 5.41) is 7.49. The molecule has 0 aliphatic carbocycles. The van der Waals surface area contributed by atoms with Crippen LogP contribution in [0, 0.1) is 0 Å². The van der Waals surface area contributed by atoms with E-state index in [0.717, 1.165) is 0 Å². The van der Waals surface area contributed by atoms with Crippen LogP contribution in [0.25, 0.3) is 0 Å². The van der Waals surface area contributed by atoms with E-state index < -0.39 is 15.9 Å². The van der Waals surface area contributed by atoms with E-state index >= 15 is 0 Å². The van der Waals surface area contributed by atoms with Gasteiger partial charge in [-0.3, -0.25) is 14.8 Å². The van der Waals surface area contributed by atoms with E-state index in [2.05, 4.69) is 20.3 Å². The van der Waals surface area contributed by atoms with Crippen LogP contribution in [0.2, 0.25) is 0 Å². The molecule has 8 nitrogen and oxygen atoms in total. The number of benzene rings is 2. The summed E-state index contributed by atoms with van der Waals surface area (Å²) in [5.41, 5.74) is 0.875. The van der Waals surface area contributed by atoms with E-state index in [4.69, 9.17) is 17.0 Å². The zero-order valence-electron chi connectivity index (χ0n) is 16.7. The van der Waals surface area contributed by atoms with Gasteiger partial charge in [-0.1, -0.05) is 12.1 Å². The molecule has 0 radical (unpaired) electrons. The SMILES string of the molecule is CC(C)Oc1ccccc1C(=O)NC(=S)Nc1ccc(S(=O)(=O)Nc2nccs2)cc1. The first kappa shape index (κ1) is 22.7. The Morgan fingerprint density at radius 3 is 2.48 bits per heavy atom. The maximum absolute atomic E-state index is 12.6. The first-order valence-corrected chi connectivity index (χ1v) is 11.9. The predicted molar refractivity (Wildman–Crippen MR) is 125 cm³/mol. The number of nitrogens with one attached hydrogen (secondary N) is 3. The minimum Gasteiger partial charge on any atom is -0.490 e. The second-order valence-electron chi connectivity index (χ2n) is 6.54. The van der Waals surface area contributed by atoms with Gasteiger partial charge in [-0.25, -0.2) is 13.4 Å². The molecule has 0 aliphatic heterocycles. The number of ether oxygens (including phenoxy) is 1. The lowest BCUT2D eigenvalue weighted by Gasteiger charge is -2.15. The molecule has 3 rings (SSSR count). The van der Waals surface area contributed by atoms with E-state index in [-0.39, 0.29) is 21.2 Å². The van der Waals surface area contributed by atoms with E-state index in [1.54, 1.807) is 41.8 Å². The number of aromatic nitrogens is 1. The largest absolute Gasteiger partial charge is 0.490 e. The highest BCUT2D eigenvalue weighted by Gasteiger charge is 2.17. The molecule has 0 atom stereocenters. The van der Waals surface area contributed by atoms with Crippen molar-refractivity contribution in [2.24, 2.45) is 0 Å². The molecule has 0 fully saturated rings. The van der Waals surface area contributed by atoms with Gasteiger partial charge in [0.05, 0.1) is 16.6 Å². The zero-order valence-corrected chi connectivity index (χ0v) is 19.1. The zero-order chi connectivity index (χ0) is 22.4. The molecule has 3 N–H and O–H groups in total. The Labute approximate surface area is 189 Å². The Kier molecular flexibility index (Phi) is 7.21. The minimum atomic E-state index is -3.74. The summed E-state index contributed by atoms with van der Waals surface area (Å²) in [4.78, 5) is 16.6. The Morgan fingerprint density at radius 2 is 1.84 bits per heavy atom. The summed E-state index contributed by atoms with van der Waals surface area (Å²) < 4.78 is 32.8. The average Bonchev–Trinajstić information content (AvgIpc) is 3.20. The number of nitrogens with zero attached hydrogens (tertiary/aromatic N) is 1. The monoisotopic (exact) mass is 476 g/mol. The van der Waals surface area contributed by atoms with Crippen molar-refractivity contribution in [3.05, 3.63) is 65.7 Å². The number of para-hydroxylation sites is 1. The summed E-state index contributed by atoms with van der Waals surface area (Å²) >= 11 is 6.39. The molecule has 1 amide bonds. The number of thiazole rings is 1. The van der Waals surface area contributed by atoms with Gasteiger partial charge in [0, 0.05) is 17.3 Å². The van der Waals surface area contributed by atoms with Crippen LogP contribution in [0.5, 0.6) is 5.75 Å². The Hall–Kier alpha value is -3.02. The number of amides is 1. The summed E-state index contributed by atoms with van der Waals surface area (Å²) in [5.74, 6) is 0.0423. The fourth-order valence-corrected chi connectivity index (χ4v) is 4.51. The van der Waals surface area contributed by atoms with Gasteiger partial charge in [0.15, 0.2) is 10.2 Å². The summed E-state index contributed by atoms with van der Waals surface area (Å²) in [6.07, 6.45) is 1.43. The lowest BCUT2D eigenvalue weighted by molar-refractivity contribution is 0.0972. The van der Waals surface area contributed by atoms with Crippen LogP contribution >= 0.6 is 23.6 Å². The van der Waals surface area contributed by atoms with Crippen molar-refractivity contribution in [1.82, 2.24) is 10.3 Å². The number of rotatable bonds is 7. The molecule has 2 aromatic carbocycles. The summed E-state index contributed by atoms with van der Waals surface area (Å²) in [6, 6.07) is 12.8. The van der Waals surface area contributed by atoms with Crippen LogP contribution in [-0.4, -0.2) is 30.5 Å². The van der Waals surface area contributed by atoms with E-state index in [1.165, 1.54) is 29.7 Å². The molecule has 0 bridgehead atoms. The Bertz CT molecular complexity index is 1160. The number of carbonyl (C=O) groups excluding carboxylic acids is 1. The van der Waals surface area contributed by atoms with Crippen LogP contribution in [0.4, 0.5) is 10.8 Å². The molecular formula is C20H20N4O4S3. The molecule has 1 aromatic heterocycles. The van der Waals surface area contributed by atoms with Crippen molar-refractivity contribution in [3.63, 3.8) is 0 Å². The third kappa shape index (κ3) is 6.23. The van der Waals surface area contributed by atoms with Crippen LogP contribution in [0.1, 0.15) is 24.2 Å². The van der Waals surface area contributed by atoms with Gasteiger partial charge >= 0.3 is 0 Å². The van der Waals surface area contributed by atoms with Crippen molar-refractivity contribution in [2.45, 2.75) is 24.8 Å².